The van der Waals surface area contributed by atoms with Crippen molar-refractivity contribution in [2.24, 2.45) is 0 Å². The van der Waals surface area contributed by atoms with Gasteiger partial charge in [-0.15, -0.1) is 0 Å². The number of amides is 2. The van der Waals surface area contributed by atoms with E-state index >= 15 is 0 Å². The summed E-state index contributed by atoms with van der Waals surface area (Å²) in [5, 5.41) is 14.1. The van der Waals surface area contributed by atoms with Crippen molar-refractivity contribution in [3.63, 3.8) is 0 Å². The zero-order chi connectivity index (χ0) is 17.5. The lowest BCUT2D eigenvalue weighted by atomic mass is 10.1. The Hall–Kier alpha value is -3.07. The van der Waals surface area contributed by atoms with Gasteiger partial charge in [0.05, 0.1) is 24.8 Å². The molecule has 0 heterocycles. The number of benzene rings is 2. The van der Waals surface area contributed by atoms with E-state index in [1.165, 1.54) is 12.1 Å². The highest BCUT2D eigenvalue weighted by molar-refractivity contribution is 5.74. The van der Waals surface area contributed by atoms with Crippen LogP contribution >= 0.6 is 0 Å². The van der Waals surface area contributed by atoms with Gasteiger partial charge in [0, 0.05) is 17.7 Å². The summed E-state index contributed by atoms with van der Waals surface area (Å²) >= 11 is 0. The van der Waals surface area contributed by atoms with E-state index in [2.05, 4.69) is 10.6 Å². The van der Waals surface area contributed by atoms with Crippen molar-refractivity contribution < 1.29 is 13.9 Å². The van der Waals surface area contributed by atoms with Gasteiger partial charge in [0.1, 0.15) is 11.6 Å². The predicted molar refractivity (Wildman–Crippen MR) is 87.9 cm³/mol. The molecule has 0 bridgehead atoms. The second kappa shape index (κ2) is 7.97. The van der Waals surface area contributed by atoms with E-state index in [9.17, 15) is 9.18 Å². The average molecular weight is 327 g/mol. The number of ether oxygens (including phenoxy) is 1. The monoisotopic (exact) mass is 327 g/mol. The first-order valence-electron chi connectivity index (χ1n) is 7.41. The number of hydrogen-bond donors (Lipinski definition) is 2. The van der Waals surface area contributed by atoms with Gasteiger partial charge in [-0.2, -0.15) is 5.26 Å². The number of nitrogens with one attached hydrogen (secondary N) is 2. The van der Waals surface area contributed by atoms with Crippen LogP contribution < -0.4 is 15.4 Å². The number of nitrogens with zero attached hydrogens (tertiary/aromatic N) is 1. The highest BCUT2D eigenvalue weighted by Crippen LogP contribution is 2.24. The highest BCUT2D eigenvalue weighted by atomic mass is 19.1. The molecule has 5 nitrogen and oxygen atoms in total. The summed E-state index contributed by atoms with van der Waals surface area (Å²) < 4.78 is 19.0. The maximum atomic E-state index is 13.8. The van der Waals surface area contributed by atoms with Crippen LogP contribution in [-0.2, 0) is 6.54 Å². The smallest absolute Gasteiger partial charge is 0.315 e. The molecule has 0 saturated carbocycles. The highest BCUT2D eigenvalue weighted by Gasteiger charge is 2.13. The van der Waals surface area contributed by atoms with Crippen molar-refractivity contribution in [1.82, 2.24) is 10.6 Å². The Morgan fingerprint density at radius 2 is 2.08 bits per heavy atom. The first-order valence-corrected chi connectivity index (χ1v) is 7.41. The molecule has 0 unspecified atom stereocenters. The zero-order valence-corrected chi connectivity index (χ0v) is 13.5. The molecule has 0 aliphatic carbocycles. The summed E-state index contributed by atoms with van der Waals surface area (Å²) in [6.45, 7) is 1.86. The SMILES string of the molecule is COc1ccccc1[C@@H](C)NC(=O)NCc1ccc(C#N)cc1F. The fourth-order valence-corrected chi connectivity index (χ4v) is 2.29. The van der Waals surface area contributed by atoms with Gasteiger partial charge in [-0.3, -0.25) is 0 Å². The Bertz CT molecular complexity index is 771. The van der Waals surface area contributed by atoms with Crippen molar-refractivity contribution in [3.8, 4) is 11.8 Å². The van der Waals surface area contributed by atoms with Crippen LogP contribution in [0.25, 0.3) is 0 Å². The number of para-hydroxylation sites is 1. The number of methoxy groups -OCH3 is 1. The molecule has 2 amide bonds. The van der Waals surface area contributed by atoms with Crippen molar-refractivity contribution in [3.05, 3.63) is 65.0 Å². The molecule has 124 valence electrons. The summed E-state index contributed by atoms with van der Waals surface area (Å²) in [5.74, 6) is 0.163. The molecule has 0 saturated heterocycles. The van der Waals surface area contributed by atoms with E-state index in [0.29, 0.717) is 11.3 Å². The maximum Gasteiger partial charge on any atom is 0.315 e. The summed E-state index contributed by atoms with van der Waals surface area (Å²) in [5.41, 5.74) is 1.40. The molecule has 2 aromatic rings. The lowest BCUT2D eigenvalue weighted by Gasteiger charge is -2.17. The van der Waals surface area contributed by atoms with Crippen LogP contribution in [-0.4, -0.2) is 13.1 Å². The molecule has 24 heavy (non-hydrogen) atoms. The Morgan fingerprint density at radius 1 is 1.33 bits per heavy atom. The molecule has 0 fully saturated rings. The molecule has 1 atom stereocenters. The van der Waals surface area contributed by atoms with E-state index in [-0.39, 0.29) is 18.2 Å². The van der Waals surface area contributed by atoms with E-state index in [1.807, 2.05) is 37.3 Å². The number of nitriles is 1. The van der Waals surface area contributed by atoms with Crippen LogP contribution in [0.3, 0.4) is 0 Å². The molecule has 0 aliphatic rings. The van der Waals surface area contributed by atoms with Crippen molar-refractivity contribution in [2.75, 3.05) is 7.11 Å². The zero-order valence-electron chi connectivity index (χ0n) is 13.5. The Morgan fingerprint density at radius 3 is 2.75 bits per heavy atom. The van der Waals surface area contributed by atoms with Crippen LogP contribution in [0, 0.1) is 17.1 Å². The third-order valence-electron chi connectivity index (χ3n) is 3.57. The lowest BCUT2D eigenvalue weighted by Crippen LogP contribution is -2.36. The van der Waals surface area contributed by atoms with Gasteiger partial charge >= 0.3 is 6.03 Å². The van der Waals surface area contributed by atoms with E-state index < -0.39 is 11.8 Å². The van der Waals surface area contributed by atoms with Crippen molar-refractivity contribution in [1.29, 1.82) is 5.26 Å². The van der Waals surface area contributed by atoms with Gasteiger partial charge in [0.2, 0.25) is 0 Å². The molecule has 0 spiro atoms. The quantitative estimate of drug-likeness (QED) is 0.885. The fourth-order valence-electron chi connectivity index (χ4n) is 2.29. The van der Waals surface area contributed by atoms with E-state index in [1.54, 1.807) is 7.11 Å². The average Bonchev–Trinajstić information content (AvgIpc) is 2.60. The maximum absolute atomic E-state index is 13.8. The largest absolute Gasteiger partial charge is 0.496 e. The van der Waals surface area contributed by atoms with Crippen molar-refractivity contribution >= 4 is 6.03 Å². The van der Waals surface area contributed by atoms with E-state index in [0.717, 1.165) is 11.6 Å². The molecular formula is C18H18FN3O2. The first-order chi connectivity index (χ1) is 11.5. The third kappa shape index (κ3) is 4.23. The molecule has 2 N–H and O–H groups in total. The predicted octanol–water partition coefficient (Wildman–Crippen LogP) is 3.27. The molecule has 2 aromatic carbocycles. The molecule has 0 radical (unpaired) electrons. The van der Waals surface area contributed by atoms with Gasteiger partial charge < -0.3 is 15.4 Å². The molecule has 6 heteroatoms. The molecule has 0 aromatic heterocycles. The summed E-state index contributed by atoms with van der Waals surface area (Å²) in [7, 11) is 1.57. The summed E-state index contributed by atoms with van der Waals surface area (Å²) in [6.07, 6.45) is 0. The minimum Gasteiger partial charge on any atom is -0.496 e. The number of carbonyl (C=O) groups excluding carboxylic acids is 1. The van der Waals surface area contributed by atoms with Crippen LogP contribution in [0.1, 0.15) is 29.7 Å². The Kier molecular flexibility index (Phi) is 5.74. The third-order valence-corrected chi connectivity index (χ3v) is 3.57. The second-order valence-electron chi connectivity index (χ2n) is 5.21. The van der Waals surface area contributed by atoms with Crippen LogP contribution in [0.2, 0.25) is 0 Å². The number of carbonyl (C=O) groups is 1. The summed E-state index contributed by atoms with van der Waals surface area (Å²) in [6, 6.07) is 12.7. The number of halogens is 1. The minimum atomic E-state index is -0.521. The van der Waals surface area contributed by atoms with Gasteiger partial charge in [-0.1, -0.05) is 24.3 Å². The Balaban J connectivity index is 1.95. The normalized spacial score (nSPS) is 11.2. The standard InChI is InChI=1S/C18H18FN3O2/c1-12(15-5-3-4-6-17(15)24-2)22-18(23)21-11-14-8-7-13(10-20)9-16(14)19/h3-9,12H,11H2,1-2H3,(H2,21,22,23)/t12-/m1/s1. The molecule has 0 aliphatic heterocycles. The summed E-state index contributed by atoms with van der Waals surface area (Å²) in [4.78, 5) is 12.0. The topological polar surface area (TPSA) is 74.2 Å². The van der Waals surface area contributed by atoms with Crippen molar-refractivity contribution in [2.45, 2.75) is 19.5 Å². The number of urea groups is 1. The van der Waals surface area contributed by atoms with Crippen LogP contribution in [0.15, 0.2) is 42.5 Å². The van der Waals surface area contributed by atoms with Crippen LogP contribution in [0.5, 0.6) is 5.75 Å². The van der Waals surface area contributed by atoms with Gasteiger partial charge in [-0.05, 0) is 25.1 Å². The van der Waals surface area contributed by atoms with E-state index in [4.69, 9.17) is 10.00 Å². The number of hydrogen-bond acceptors (Lipinski definition) is 3. The molecular weight excluding hydrogens is 309 g/mol. The fraction of sp³-hybridized carbons (Fsp3) is 0.222. The van der Waals surface area contributed by atoms with Crippen LogP contribution in [0.4, 0.5) is 9.18 Å². The van der Waals surface area contributed by atoms with Gasteiger partial charge in [0.25, 0.3) is 0 Å². The second-order valence-corrected chi connectivity index (χ2v) is 5.21. The number of rotatable bonds is 5. The van der Waals surface area contributed by atoms with Gasteiger partial charge in [-0.25, -0.2) is 9.18 Å². The van der Waals surface area contributed by atoms with Gasteiger partial charge in [0.15, 0.2) is 0 Å². The first kappa shape index (κ1) is 17.3. The lowest BCUT2D eigenvalue weighted by molar-refractivity contribution is 0.237. The Labute approximate surface area is 140 Å². The molecule has 2 rings (SSSR count). The minimum absolute atomic E-state index is 0.0298.